The van der Waals surface area contributed by atoms with Crippen LogP contribution in [0.4, 0.5) is 4.39 Å². The van der Waals surface area contributed by atoms with Crippen LogP contribution in [0.3, 0.4) is 0 Å². The minimum absolute atomic E-state index is 0.116. The molecule has 1 heterocycles. The van der Waals surface area contributed by atoms with Crippen molar-refractivity contribution in [1.29, 1.82) is 0 Å². The van der Waals surface area contributed by atoms with E-state index in [2.05, 4.69) is 0 Å². The van der Waals surface area contributed by atoms with Crippen LogP contribution in [0.25, 0.3) is 0 Å². The van der Waals surface area contributed by atoms with Crippen molar-refractivity contribution in [2.24, 2.45) is 0 Å². The summed E-state index contributed by atoms with van der Waals surface area (Å²) >= 11 is 0. The molecule has 32 heavy (non-hydrogen) atoms. The number of hydrogen-bond donors (Lipinski definition) is 0. The molecule has 7 nitrogen and oxygen atoms in total. The molecule has 3 amide bonds. The molecule has 0 N–H and O–H groups in total. The van der Waals surface area contributed by atoms with Gasteiger partial charge in [0.25, 0.3) is 0 Å². The number of rotatable bonds is 9. The van der Waals surface area contributed by atoms with E-state index in [1.807, 2.05) is 0 Å². The van der Waals surface area contributed by atoms with E-state index >= 15 is 0 Å². The number of imide groups is 1. The second kappa shape index (κ2) is 9.91. The standard InChI is InChI=1S/C24H27FN2O5/c1-26(16-17-8-10-18(25)11-9-17)21(28)14-24(19-6-4-5-7-20(19)32-3)15-22(29)27(23(24)30)12-13-31-2/h4-11H,12-16H2,1-3H3/t24-/m0/s1. The normalized spacial score (nSPS) is 18.2. The molecule has 0 unspecified atom stereocenters. The van der Waals surface area contributed by atoms with Crippen LogP contribution in [0, 0.1) is 5.82 Å². The van der Waals surface area contributed by atoms with Gasteiger partial charge in [0, 0.05) is 39.1 Å². The Balaban J connectivity index is 1.93. The summed E-state index contributed by atoms with van der Waals surface area (Å²) in [7, 11) is 4.59. The second-order valence-electron chi connectivity index (χ2n) is 7.86. The van der Waals surface area contributed by atoms with E-state index in [1.165, 1.54) is 31.3 Å². The first kappa shape index (κ1) is 23.4. The van der Waals surface area contributed by atoms with Gasteiger partial charge in [-0.3, -0.25) is 19.3 Å². The van der Waals surface area contributed by atoms with E-state index in [1.54, 1.807) is 43.4 Å². The number of carbonyl (C=O) groups is 3. The number of amides is 3. The second-order valence-corrected chi connectivity index (χ2v) is 7.86. The molecule has 170 valence electrons. The van der Waals surface area contributed by atoms with Crippen LogP contribution >= 0.6 is 0 Å². The van der Waals surface area contributed by atoms with Gasteiger partial charge in [0.2, 0.25) is 17.7 Å². The third kappa shape index (κ3) is 4.65. The molecule has 0 saturated carbocycles. The number of carbonyl (C=O) groups excluding carboxylic acids is 3. The van der Waals surface area contributed by atoms with Crippen molar-refractivity contribution in [3.8, 4) is 5.75 Å². The molecule has 1 saturated heterocycles. The lowest BCUT2D eigenvalue weighted by Gasteiger charge is -2.30. The predicted molar refractivity (Wildman–Crippen MR) is 115 cm³/mol. The minimum atomic E-state index is -1.37. The SMILES string of the molecule is COCCN1C(=O)C[C@@](CC(=O)N(C)Cc2ccc(F)cc2)(c2ccccc2OC)C1=O. The molecular weight excluding hydrogens is 415 g/mol. The van der Waals surface area contributed by atoms with Crippen molar-refractivity contribution in [2.45, 2.75) is 24.8 Å². The molecule has 1 fully saturated rings. The monoisotopic (exact) mass is 442 g/mol. The third-order valence-corrected chi connectivity index (χ3v) is 5.76. The Hall–Kier alpha value is -3.26. The van der Waals surface area contributed by atoms with Crippen molar-refractivity contribution >= 4 is 17.7 Å². The third-order valence-electron chi connectivity index (χ3n) is 5.76. The summed E-state index contributed by atoms with van der Waals surface area (Å²) in [6, 6.07) is 12.8. The zero-order chi connectivity index (χ0) is 23.3. The first-order valence-electron chi connectivity index (χ1n) is 10.3. The lowest BCUT2D eigenvalue weighted by Crippen LogP contribution is -2.43. The Bertz CT molecular complexity index is 994. The largest absolute Gasteiger partial charge is 0.496 e. The lowest BCUT2D eigenvalue weighted by molar-refractivity contribution is -0.143. The molecule has 3 rings (SSSR count). The lowest BCUT2D eigenvalue weighted by atomic mass is 9.75. The Morgan fingerprint density at radius 3 is 2.47 bits per heavy atom. The molecular formula is C24H27FN2O5. The Morgan fingerprint density at radius 1 is 1.12 bits per heavy atom. The van der Waals surface area contributed by atoms with Crippen LogP contribution in [-0.4, -0.2) is 61.9 Å². The summed E-state index contributed by atoms with van der Waals surface area (Å²) in [4.78, 5) is 42.2. The van der Waals surface area contributed by atoms with Gasteiger partial charge in [-0.15, -0.1) is 0 Å². The number of halogens is 1. The number of para-hydroxylation sites is 1. The molecule has 1 aliphatic heterocycles. The summed E-state index contributed by atoms with van der Waals surface area (Å²) in [6.45, 7) is 0.569. The van der Waals surface area contributed by atoms with Gasteiger partial charge < -0.3 is 14.4 Å². The zero-order valence-electron chi connectivity index (χ0n) is 18.5. The van der Waals surface area contributed by atoms with Gasteiger partial charge in [0.1, 0.15) is 11.6 Å². The molecule has 0 bridgehead atoms. The van der Waals surface area contributed by atoms with Crippen LogP contribution < -0.4 is 4.74 Å². The van der Waals surface area contributed by atoms with Crippen molar-refractivity contribution in [2.75, 3.05) is 34.4 Å². The van der Waals surface area contributed by atoms with Gasteiger partial charge in [-0.1, -0.05) is 30.3 Å². The van der Waals surface area contributed by atoms with Crippen molar-refractivity contribution < 1.29 is 28.2 Å². The molecule has 2 aromatic carbocycles. The fourth-order valence-electron chi connectivity index (χ4n) is 4.04. The first-order valence-corrected chi connectivity index (χ1v) is 10.3. The molecule has 0 radical (unpaired) electrons. The highest BCUT2D eigenvalue weighted by Crippen LogP contribution is 2.44. The van der Waals surface area contributed by atoms with Gasteiger partial charge in [0.05, 0.1) is 25.7 Å². The van der Waals surface area contributed by atoms with Crippen LogP contribution in [0.2, 0.25) is 0 Å². The van der Waals surface area contributed by atoms with Crippen LogP contribution in [0.15, 0.2) is 48.5 Å². The maximum Gasteiger partial charge on any atom is 0.241 e. The summed E-state index contributed by atoms with van der Waals surface area (Å²) in [5.74, 6) is -1.02. The van der Waals surface area contributed by atoms with Gasteiger partial charge >= 0.3 is 0 Å². The number of methoxy groups -OCH3 is 2. The molecule has 0 aliphatic carbocycles. The summed E-state index contributed by atoms with van der Waals surface area (Å²) in [5, 5.41) is 0. The van der Waals surface area contributed by atoms with Crippen LogP contribution in [-0.2, 0) is 31.1 Å². The Labute approximate surface area is 186 Å². The van der Waals surface area contributed by atoms with Crippen LogP contribution in [0.5, 0.6) is 5.75 Å². The highest BCUT2D eigenvalue weighted by atomic mass is 19.1. The van der Waals surface area contributed by atoms with Crippen molar-refractivity contribution in [1.82, 2.24) is 9.80 Å². The fourth-order valence-corrected chi connectivity index (χ4v) is 4.04. The number of nitrogens with zero attached hydrogens (tertiary/aromatic N) is 2. The molecule has 0 spiro atoms. The van der Waals surface area contributed by atoms with E-state index < -0.39 is 11.3 Å². The van der Waals surface area contributed by atoms with Gasteiger partial charge in [-0.05, 0) is 23.8 Å². The fraction of sp³-hybridized carbons (Fsp3) is 0.375. The number of likely N-dealkylation sites (tertiary alicyclic amines) is 1. The molecule has 1 atom stereocenters. The average Bonchev–Trinajstić information content (AvgIpc) is 3.03. The van der Waals surface area contributed by atoms with Crippen molar-refractivity contribution in [3.63, 3.8) is 0 Å². The molecule has 8 heteroatoms. The van der Waals surface area contributed by atoms with E-state index in [-0.39, 0.29) is 50.2 Å². The van der Waals surface area contributed by atoms with Crippen LogP contribution in [0.1, 0.15) is 24.0 Å². The van der Waals surface area contributed by atoms with E-state index in [0.29, 0.717) is 11.3 Å². The van der Waals surface area contributed by atoms with Gasteiger partial charge in [0.15, 0.2) is 0 Å². The predicted octanol–water partition coefficient (Wildman–Crippen LogP) is 2.53. The van der Waals surface area contributed by atoms with E-state index in [4.69, 9.17) is 9.47 Å². The van der Waals surface area contributed by atoms with Gasteiger partial charge in [-0.25, -0.2) is 4.39 Å². The smallest absolute Gasteiger partial charge is 0.241 e. The Kier molecular flexibility index (Phi) is 7.25. The Morgan fingerprint density at radius 2 is 1.81 bits per heavy atom. The highest BCUT2D eigenvalue weighted by molar-refractivity contribution is 6.11. The highest BCUT2D eigenvalue weighted by Gasteiger charge is 2.55. The number of benzene rings is 2. The average molecular weight is 442 g/mol. The maximum atomic E-state index is 13.5. The zero-order valence-corrected chi connectivity index (χ0v) is 18.5. The molecule has 0 aromatic heterocycles. The number of hydrogen-bond acceptors (Lipinski definition) is 5. The topological polar surface area (TPSA) is 76.2 Å². The minimum Gasteiger partial charge on any atom is -0.496 e. The quantitative estimate of drug-likeness (QED) is 0.558. The van der Waals surface area contributed by atoms with E-state index in [0.717, 1.165) is 10.5 Å². The van der Waals surface area contributed by atoms with E-state index in [9.17, 15) is 18.8 Å². The maximum absolute atomic E-state index is 13.5. The summed E-state index contributed by atoms with van der Waals surface area (Å²) < 4.78 is 23.7. The summed E-state index contributed by atoms with van der Waals surface area (Å²) in [6.07, 6.45) is -0.328. The molecule has 1 aliphatic rings. The number of ether oxygens (including phenoxy) is 2. The van der Waals surface area contributed by atoms with Crippen molar-refractivity contribution in [3.05, 3.63) is 65.5 Å². The first-order chi connectivity index (χ1) is 15.3. The molecule has 2 aromatic rings. The van der Waals surface area contributed by atoms with Gasteiger partial charge in [-0.2, -0.15) is 0 Å². The summed E-state index contributed by atoms with van der Waals surface area (Å²) in [5.41, 5.74) is -0.112.